The summed E-state index contributed by atoms with van der Waals surface area (Å²) in [5.74, 6) is -2.84. The number of aromatic nitrogens is 1. The third-order valence-corrected chi connectivity index (χ3v) is 10.2. The number of para-hydroxylation sites is 1. The largest absolute Gasteiger partial charge is 0.497 e. The van der Waals surface area contributed by atoms with Gasteiger partial charge in [0, 0.05) is 20.8 Å². The van der Waals surface area contributed by atoms with E-state index in [0.29, 0.717) is 31.4 Å². The molecule has 3 unspecified atom stereocenters. The molecule has 9 nitrogen and oxygen atoms in total. The molecule has 1 aromatic heterocycles. The molecule has 0 bridgehead atoms. The van der Waals surface area contributed by atoms with Crippen LogP contribution in [0, 0.1) is 5.92 Å². The first-order chi connectivity index (χ1) is 21.5. The van der Waals surface area contributed by atoms with E-state index in [1.807, 2.05) is 0 Å². The van der Waals surface area contributed by atoms with Crippen molar-refractivity contribution in [2.45, 2.75) is 22.4 Å². The fraction of sp³-hybridized carbons (Fsp3) is 0.200. The third-order valence-electron chi connectivity index (χ3n) is 7.33. The number of rotatable bonds is 7. The van der Waals surface area contributed by atoms with Gasteiger partial charge in [-0.25, -0.2) is 4.90 Å². The molecule has 0 aliphatic carbocycles. The predicted molar refractivity (Wildman–Crippen MR) is 165 cm³/mol. The van der Waals surface area contributed by atoms with Crippen molar-refractivity contribution in [3.63, 3.8) is 0 Å². The van der Waals surface area contributed by atoms with Gasteiger partial charge in [-0.15, -0.1) is 0 Å². The van der Waals surface area contributed by atoms with Crippen LogP contribution in [0.15, 0.2) is 81.0 Å². The summed E-state index contributed by atoms with van der Waals surface area (Å²) >= 11 is 5.45. The molecule has 3 atom stereocenters. The van der Waals surface area contributed by atoms with Crippen LogP contribution in [0.5, 0.6) is 11.5 Å². The lowest BCUT2D eigenvalue weighted by Crippen LogP contribution is -2.32. The molecule has 4 aromatic rings. The minimum Gasteiger partial charge on any atom is -0.497 e. The number of methoxy groups -OCH3 is 1. The summed E-state index contributed by atoms with van der Waals surface area (Å²) in [7, 11) is 1.50. The van der Waals surface area contributed by atoms with Crippen LogP contribution in [-0.2, 0) is 20.6 Å². The summed E-state index contributed by atoms with van der Waals surface area (Å²) in [6.45, 7) is -0.655. The van der Waals surface area contributed by atoms with Crippen LogP contribution in [0.4, 0.5) is 24.5 Å². The van der Waals surface area contributed by atoms with Crippen LogP contribution in [0.1, 0.15) is 21.9 Å². The van der Waals surface area contributed by atoms with E-state index in [0.717, 1.165) is 40.1 Å². The number of aromatic amines is 1. The number of nitrogens with one attached hydrogen (secondary N) is 2. The second-order valence-corrected chi connectivity index (χ2v) is 13.1. The lowest BCUT2D eigenvalue weighted by atomic mass is 9.82. The molecule has 0 spiro atoms. The summed E-state index contributed by atoms with van der Waals surface area (Å²) in [4.78, 5) is 57.1. The standard InChI is InChI=1S/C30H21BrF3N3O6S2/c1-42-16-9-7-15(8-10-16)37-27(39)23-22(24-26(36-29(41)45-24)44-25(23)28(37)40)17-12-14(31)6-11-20(17)43-13-21(38)35-19-5-3-2-4-18(19)30(32,33)34/h2-12,22-23,25H,13H2,1H3,(H,35,38)(H,36,41). The number of carbonyl (C=O) groups is 3. The molecule has 15 heteroatoms. The Bertz CT molecular complexity index is 1880. The molecule has 3 amide bonds. The lowest BCUT2D eigenvalue weighted by molar-refractivity contribution is -0.137. The topological polar surface area (TPSA) is 118 Å². The Labute approximate surface area is 269 Å². The number of hydrogen-bond donors (Lipinski definition) is 2. The maximum absolute atomic E-state index is 14.1. The summed E-state index contributed by atoms with van der Waals surface area (Å²) in [6, 6.07) is 15.9. The van der Waals surface area contributed by atoms with Crippen LogP contribution in [0.2, 0.25) is 0 Å². The number of amides is 3. The van der Waals surface area contributed by atoms with Gasteiger partial charge in [0.15, 0.2) is 6.61 Å². The Hall–Kier alpha value is -4.08. The maximum atomic E-state index is 14.1. The number of alkyl halides is 3. The first-order valence-corrected chi connectivity index (χ1v) is 15.7. The molecular formula is C30H21BrF3N3O6S2. The van der Waals surface area contributed by atoms with E-state index in [1.165, 1.54) is 19.2 Å². The number of ether oxygens (including phenoxy) is 2. The number of benzene rings is 3. The number of carbonyl (C=O) groups excluding carboxylic acids is 3. The molecule has 2 aliphatic rings. The predicted octanol–water partition coefficient (Wildman–Crippen LogP) is 6.04. The van der Waals surface area contributed by atoms with Crippen molar-refractivity contribution in [1.29, 1.82) is 0 Å². The van der Waals surface area contributed by atoms with E-state index < -0.39 is 58.8 Å². The molecule has 1 saturated heterocycles. The molecule has 1 fully saturated rings. The minimum absolute atomic E-state index is 0.156. The van der Waals surface area contributed by atoms with E-state index in [9.17, 15) is 32.3 Å². The number of imide groups is 1. The Morgan fingerprint density at radius 1 is 1.04 bits per heavy atom. The van der Waals surface area contributed by atoms with Crippen molar-refractivity contribution in [1.82, 2.24) is 4.98 Å². The smallest absolute Gasteiger partial charge is 0.418 e. The number of hydrogen-bond acceptors (Lipinski definition) is 8. The molecule has 45 heavy (non-hydrogen) atoms. The van der Waals surface area contributed by atoms with Crippen molar-refractivity contribution < 1.29 is 37.0 Å². The van der Waals surface area contributed by atoms with Crippen LogP contribution in [-0.4, -0.2) is 41.7 Å². The van der Waals surface area contributed by atoms with E-state index in [-0.39, 0.29) is 10.6 Å². The van der Waals surface area contributed by atoms with E-state index in [1.54, 1.807) is 42.5 Å². The number of fused-ring (bicyclic) bond motifs is 2. The molecule has 6 rings (SSSR count). The highest BCUT2D eigenvalue weighted by Crippen LogP contribution is 2.55. The van der Waals surface area contributed by atoms with Crippen molar-refractivity contribution >= 4 is 68.1 Å². The minimum atomic E-state index is -4.68. The second kappa shape index (κ2) is 12.0. The fourth-order valence-corrected chi connectivity index (χ4v) is 8.29. The number of thioether (sulfide) groups is 1. The maximum Gasteiger partial charge on any atom is 0.418 e. The highest BCUT2D eigenvalue weighted by Gasteiger charge is 2.57. The number of thiazole rings is 1. The highest BCUT2D eigenvalue weighted by molar-refractivity contribution is 9.10. The van der Waals surface area contributed by atoms with E-state index in [4.69, 9.17) is 9.47 Å². The van der Waals surface area contributed by atoms with Gasteiger partial charge in [-0.3, -0.25) is 19.2 Å². The van der Waals surface area contributed by atoms with Gasteiger partial charge in [0.2, 0.25) is 11.8 Å². The zero-order valence-electron chi connectivity index (χ0n) is 23.0. The van der Waals surface area contributed by atoms with E-state index in [2.05, 4.69) is 26.2 Å². The van der Waals surface area contributed by atoms with Gasteiger partial charge in [0.05, 0.1) is 35.0 Å². The fourth-order valence-electron chi connectivity index (χ4n) is 5.40. The van der Waals surface area contributed by atoms with E-state index >= 15 is 0 Å². The van der Waals surface area contributed by atoms with Crippen molar-refractivity contribution in [2.75, 3.05) is 23.9 Å². The van der Waals surface area contributed by atoms with Crippen LogP contribution in [0.3, 0.4) is 0 Å². The molecule has 3 heterocycles. The number of halogens is 4. The monoisotopic (exact) mass is 719 g/mol. The SMILES string of the molecule is COc1ccc(N2C(=O)C3Sc4[nH]c(=O)sc4C(c4cc(Br)ccc4OCC(=O)Nc4ccccc4C(F)(F)F)C3C2=O)cc1. The molecule has 0 saturated carbocycles. The number of H-pyrrole nitrogens is 1. The average molecular weight is 721 g/mol. The second-order valence-electron chi connectivity index (χ2n) is 10.0. The zero-order chi connectivity index (χ0) is 32.0. The van der Waals surface area contributed by atoms with Crippen LogP contribution < -0.4 is 24.6 Å². The van der Waals surface area contributed by atoms with Crippen LogP contribution in [0.25, 0.3) is 0 Å². The van der Waals surface area contributed by atoms with Crippen molar-refractivity contribution in [3.05, 3.63) is 96.9 Å². The Balaban J connectivity index is 1.34. The molecular weight excluding hydrogens is 699 g/mol. The molecule has 3 aromatic carbocycles. The normalized spacial score (nSPS) is 19.2. The lowest BCUT2D eigenvalue weighted by Gasteiger charge is -2.31. The van der Waals surface area contributed by atoms with Crippen LogP contribution >= 0.6 is 39.0 Å². The average Bonchev–Trinajstić information content (AvgIpc) is 3.50. The van der Waals surface area contributed by atoms with Gasteiger partial charge in [0.1, 0.15) is 16.7 Å². The van der Waals surface area contributed by atoms with Gasteiger partial charge >= 0.3 is 11.0 Å². The highest BCUT2D eigenvalue weighted by atomic mass is 79.9. The summed E-state index contributed by atoms with van der Waals surface area (Å²) in [5, 5.41) is 1.81. The summed E-state index contributed by atoms with van der Waals surface area (Å²) < 4.78 is 51.9. The van der Waals surface area contributed by atoms with Crippen molar-refractivity contribution in [3.8, 4) is 11.5 Å². The quantitative estimate of drug-likeness (QED) is 0.224. The number of nitrogens with zero attached hydrogens (tertiary/aromatic N) is 1. The summed E-state index contributed by atoms with van der Waals surface area (Å²) in [6.07, 6.45) is -4.68. The van der Waals surface area contributed by atoms with Gasteiger partial charge < -0.3 is 19.8 Å². The molecule has 232 valence electrons. The van der Waals surface area contributed by atoms with Gasteiger partial charge in [0.25, 0.3) is 5.91 Å². The van der Waals surface area contributed by atoms with Gasteiger partial charge in [-0.05, 0) is 54.6 Å². The Morgan fingerprint density at radius 2 is 1.78 bits per heavy atom. The third kappa shape index (κ3) is 5.87. The van der Waals surface area contributed by atoms with Crippen molar-refractivity contribution in [2.24, 2.45) is 5.92 Å². The Morgan fingerprint density at radius 3 is 2.49 bits per heavy atom. The van der Waals surface area contributed by atoms with Gasteiger partial charge in [-0.1, -0.05) is 51.2 Å². The molecule has 2 N–H and O–H groups in total. The number of anilines is 2. The van der Waals surface area contributed by atoms with Gasteiger partial charge in [-0.2, -0.15) is 13.2 Å². The first-order valence-electron chi connectivity index (χ1n) is 13.3. The Kier molecular flexibility index (Phi) is 8.26. The summed E-state index contributed by atoms with van der Waals surface area (Å²) in [5.41, 5.74) is -0.651. The first kappa shape index (κ1) is 30.9. The zero-order valence-corrected chi connectivity index (χ0v) is 26.2. The molecule has 2 aliphatic heterocycles. The molecule has 0 radical (unpaired) electrons.